The lowest BCUT2D eigenvalue weighted by atomic mass is 10.1. The van der Waals surface area contributed by atoms with Crippen molar-refractivity contribution in [3.05, 3.63) is 0 Å². The molecule has 0 saturated heterocycles. The maximum Gasteiger partial charge on any atom is 0.179 e. The third-order valence-electron chi connectivity index (χ3n) is 2.91. The van der Waals surface area contributed by atoms with E-state index in [9.17, 15) is 0 Å². The molecule has 0 heterocycles. The van der Waals surface area contributed by atoms with Crippen LogP contribution in [-0.2, 0) is 4.43 Å². The van der Waals surface area contributed by atoms with Gasteiger partial charge < -0.3 is 9.74 Å². The SMILES string of the molecule is CNC(NCC(C)C)(O[SiH3])C(C)NCC(C)C. The molecule has 0 aromatic heterocycles. The summed E-state index contributed by atoms with van der Waals surface area (Å²) in [6.07, 6.45) is 0. The van der Waals surface area contributed by atoms with Crippen LogP contribution >= 0.6 is 0 Å². The highest BCUT2D eigenvalue weighted by molar-refractivity contribution is 5.98. The first-order valence-corrected chi connectivity index (χ1v) is 7.42. The summed E-state index contributed by atoms with van der Waals surface area (Å²) in [5.41, 5.74) is 0. The predicted octanol–water partition coefficient (Wildman–Crippen LogP) is 0.0363. The molecule has 0 amide bonds. The van der Waals surface area contributed by atoms with Gasteiger partial charge in [0.05, 0.1) is 6.04 Å². The van der Waals surface area contributed by atoms with Crippen molar-refractivity contribution in [2.24, 2.45) is 11.8 Å². The molecular weight excluding hydrogens is 230 g/mol. The average Bonchev–Trinajstić information content (AvgIpc) is 2.28. The van der Waals surface area contributed by atoms with Crippen molar-refractivity contribution in [3.8, 4) is 0 Å². The van der Waals surface area contributed by atoms with Gasteiger partial charge in [-0.15, -0.1) is 0 Å². The van der Waals surface area contributed by atoms with Crippen molar-refractivity contribution >= 4 is 10.5 Å². The van der Waals surface area contributed by atoms with Gasteiger partial charge in [-0.1, -0.05) is 27.7 Å². The molecule has 0 aliphatic rings. The van der Waals surface area contributed by atoms with Crippen molar-refractivity contribution in [2.45, 2.75) is 46.5 Å². The maximum atomic E-state index is 5.79. The van der Waals surface area contributed by atoms with E-state index in [1.165, 1.54) is 0 Å². The molecule has 5 heteroatoms. The Morgan fingerprint density at radius 2 is 1.59 bits per heavy atom. The van der Waals surface area contributed by atoms with Gasteiger partial charge in [0.1, 0.15) is 10.5 Å². The minimum Gasteiger partial charge on any atom is -0.398 e. The van der Waals surface area contributed by atoms with E-state index < -0.39 is 5.85 Å². The second-order valence-electron chi connectivity index (χ2n) is 5.49. The van der Waals surface area contributed by atoms with Crippen molar-refractivity contribution in [2.75, 3.05) is 20.1 Å². The van der Waals surface area contributed by atoms with Crippen LogP contribution in [0, 0.1) is 11.8 Å². The molecule has 2 unspecified atom stereocenters. The molecule has 17 heavy (non-hydrogen) atoms. The van der Waals surface area contributed by atoms with E-state index in [-0.39, 0.29) is 6.04 Å². The Morgan fingerprint density at radius 3 is 1.94 bits per heavy atom. The topological polar surface area (TPSA) is 45.3 Å². The predicted molar refractivity (Wildman–Crippen MR) is 78.0 cm³/mol. The number of hydrogen-bond donors (Lipinski definition) is 3. The van der Waals surface area contributed by atoms with Crippen LogP contribution in [-0.4, -0.2) is 42.5 Å². The summed E-state index contributed by atoms with van der Waals surface area (Å²) in [6.45, 7) is 12.9. The minimum absolute atomic E-state index is 0.228. The third kappa shape index (κ3) is 5.97. The van der Waals surface area contributed by atoms with Gasteiger partial charge in [-0.05, 0) is 32.4 Å². The lowest BCUT2D eigenvalue weighted by Gasteiger charge is -2.40. The Kier molecular flexibility index (Phi) is 8.24. The van der Waals surface area contributed by atoms with Crippen LogP contribution < -0.4 is 16.0 Å². The molecule has 0 spiro atoms. The van der Waals surface area contributed by atoms with Crippen LogP contribution in [0.15, 0.2) is 0 Å². The molecule has 3 N–H and O–H groups in total. The van der Waals surface area contributed by atoms with E-state index in [1.54, 1.807) is 0 Å². The largest absolute Gasteiger partial charge is 0.398 e. The van der Waals surface area contributed by atoms with Gasteiger partial charge in [-0.25, -0.2) is 0 Å². The molecule has 0 aromatic carbocycles. The molecule has 2 atom stereocenters. The standard InChI is InChI=1S/C12H31N3OSi/c1-9(2)7-14-11(5)12(13-6,16-17)15-8-10(3)4/h9-11,13-15H,7-8H2,1-6,17H3. The normalized spacial score (nSPS) is 17.6. The lowest BCUT2D eigenvalue weighted by Crippen LogP contribution is -2.68. The third-order valence-corrected chi connectivity index (χ3v) is 3.55. The second kappa shape index (κ2) is 8.21. The van der Waals surface area contributed by atoms with Crippen LogP contribution in [0.25, 0.3) is 0 Å². The smallest absolute Gasteiger partial charge is 0.179 e. The van der Waals surface area contributed by atoms with E-state index in [4.69, 9.17) is 4.43 Å². The fourth-order valence-corrected chi connectivity index (χ4v) is 2.42. The summed E-state index contributed by atoms with van der Waals surface area (Å²) in [6, 6.07) is 0.228. The number of hydrogen-bond acceptors (Lipinski definition) is 4. The second-order valence-corrected chi connectivity index (χ2v) is 5.90. The summed E-state index contributed by atoms with van der Waals surface area (Å²) in [7, 11) is 2.65. The van der Waals surface area contributed by atoms with E-state index in [1.807, 2.05) is 7.05 Å². The Bertz CT molecular complexity index is 196. The van der Waals surface area contributed by atoms with Gasteiger partial charge in [0.2, 0.25) is 0 Å². The van der Waals surface area contributed by atoms with E-state index in [0.29, 0.717) is 22.3 Å². The Labute approximate surface area is 110 Å². The number of rotatable bonds is 9. The summed E-state index contributed by atoms with van der Waals surface area (Å²) in [5.74, 6) is 0.814. The fraction of sp³-hybridized carbons (Fsp3) is 1.00. The van der Waals surface area contributed by atoms with Crippen LogP contribution in [0.3, 0.4) is 0 Å². The lowest BCUT2D eigenvalue weighted by molar-refractivity contribution is -0.0210. The van der Waals surface area contributed by atoms with Crippen LogP contribution in [0.5, 0.6) is 0 Å². The molecule has 104 valence electrons. The van der Waals surface area contributed by atoms with Gasteiger partial charge in [0.15, 0.2) is 5.85 Å². The molecule has 0 aliphatic carbocycles. The van der Waals surface area contributed by atoms with Gasteiger partial charge in [-0.2, -0.15) is 0 Å². The highest BCUT2D eigenvalue weighted by Crippen LogP contribution is 2.09. The molecular formula is C12H31N3OSi. The average molecular weight is 261 g/mol. The summed E-state index contributed by atoms with van der Waals surface area (Å²) in [5, 5.41) is 10.3. The summed E-state index contributed by atoms with van der Waals surface area (Å²) < 4.78 is 5.79. The van der Waals surface area contributed by atoms with E-state index in [0.717, 1.165) is 13.1 Å². The Morgan fingerprint density at radius 1 is 1.06 bits per heavy atom. The molecule has 4 nitrogen and oxygen atoms in total. The van der Waals surface area contributed by atoms with Crippen molar-refractivity contribution in [1.29, 1.82) is 0 Å². The molecule has 0 rings (SSSR count). The highest BCUT2D eigenvalue weighted by atomic mass is 28.2. The Balaban J connectivity index is 4.44. The highest BCUT2D eigenvalue weighted by Gasteiger charge is 2.33. The van der Waals surface area contributed by atoms with Crippen molar-refractivity contribution in [1.82, 2.24) is 16.0 Å². The Hall–Kier alpha value is 0.0569. The van der Waals surface area contributed by atoms with Gasteiger partial charge in [0, 0.05) is 6.54 Å². The quantitative estimate of drug-likeness (QED) is 0.405. The molecule has 0 radical (unpaired) electrons. The minimum atomic E-state index is -0.439. The molecule has 0 aliphatic heterocycles. The van der Waals surface area contributed by atoms with Crippen LogP contribution in [0.1, 0.15) is 34.6 Å². The summed E-state index contributed by atoms with van der Waals surface area (Å²) in [4.78, 5) is 0. The number of likely N-dealkylation sites (N-methyl/N-ethyl adjacent to an activating group) is 1. The van der Waals surface area contributed by atoms with E-state index >= 15 is 0 Å². The first-order valence-electron chi connectivity index (χ1n) is 6.60. The van der Waals surface area contributed by atoms with E-state index in [2.05, 4.69) is 50.6 Å². The molecule has 0 aromatic rings. The fourth-order valence-electron chi connectivity index (χ4n) is 1.72. The van der Waals surface area contributed by atoms with Crippen LogP contribution in [0.2, 0.25) is 0 Å². The first-order chi connectivity index (χ1) is 7.88. The monoisotopic (exact) mass is 261 g/mol. The maximum absolute atomic E-state index is 5.79. The summed E-state index contributed by atoms with van der Waals surface area (Å²) >= 11 is 0. The van der Waals surface area contributed by atoms with Crippen LogP contribution in [0.4, 0.5) is 0 Å². The van der Waals surface area contributed by atoms with Crippen molar-refractivity contribution in [3.63, 3.8) is 0 Å². The van der Waals surface area contributed by atoms with Gasteiger partial charge in [0.25, 0.3) is 0 Å². The van der Waals surface area contributed by atoms with Crippen molar-refractivity contribution < 1.29 is 4.43 Å². The molecule has 0 fully saturated rings. The van der Waals surface area contributed by atoms with Gasteiger partial charge in [-0.3, -0.25) is 10.6 Å². The zero-order valence-corrected chi connectivity index (χ0v) is 14.6. The molecule has 0 bridgehead atoms. The number of nitrogens with one attached hydrogen (secondary N) is 3. The van der Waals surface area contributed by atoms with Gasteiger partial charge >= 0.3 is 0 Å². The zero-order chi connectivity index (χ0) is 13.5. The zero-order valence-electron chi connectivity index (χ0n) is 12.6. The molecule has 0 saturated carbocycles. The first kappa shape index (κ1) is 17.1.